The van der Waals surface area contributed by atoms with Crippen molar-refractivity contribution in [2.45, 2.75) is 24.9 Å². The van der Waals surface area contributed by atoms with E-state index in [1.807, 2.05) is 0 Å². The van der Waals surface area contributed by atoms with Crippen LogP contribution in [0.3, 0.4) is 0 Å². The first-order valence-electron chi connectivity index (χ1n) is 3.83. The minimum absolute atomic E-state index is 0.0348. The number of hydrogen-bond acceptors (Lipinski definition) is 3. The smallest absolute Gasteiger partial charge is 0.394 e. The van der Waals surface area contributed by atoms with Crippen molar-refractivity contribution in [2.24, 2.45) is 0 Å². The zero-order valence-electron chi connectivity index (χ0n) is 7.61. The number of nitrogens with one attached hydrogen (secondary N) is 1. The van der Waals surface area contributed by atoms with E-state index in [0.29, 0.717) is 0 Å². The molecular weight excluding hydrogens is 203 g/mol. The van der Waals surface area contributed by atoms with Gasteiger partial charge in [0.25, 0.3) is 0 Å². The zero-order chi connectivity index (χ0) is 10.5. The minimum Gasteiger partial charge on any atom is -0.394 e. The Morgan fingerprint density at radius 3 is 2.23 bits per heavy atom. The molecular formula is C7H14F3NOS. The molecule has 0 saturated heterocycles. The maximum Gasteiger partial charge on any atom is 0.441 e. The number of hydrogen-bond donors (Lipinski definition) is 2. The molecule has 13 heavy (non-hydrogen) atoms. The van der Waals surface area contributed by atoms with E-state index in [2.05, 4.69) is 5.32 Å². The molecule has 0 aromatic heterocycles. The SMILES string of the molecule is CC(C)(CO)NCCSC(F)(F)F. The summed E-state index contributed by atoms with van der Waals surface area (Å²) in [6.07, 6.45) is 0. The highest BCUT2D eigenvalue weighted by molar-refractivity contribution is 8.00. The molecule has 0 bridgehead atoms. The molecule has 6 heteroatoms. The molecule has 0 aliphatic heterocycles. The molecule has 0 atom stereocenters. The molecule has 0 aromatic carbocycles. The van der Waals surface area contributed by atoms with Crippen LogP contribution < -0.4 is 5.32 Å². The Bertz CT molecular complexity index is 149. The van der Waals surface area contributed by atoms with E-state index in [9.17, 15) is 13.2 Å². The predicted molar refractivity (Wildman–Crippen MR) is 47.7 cm³/mol. The first-order valence-corrected chi connectivity index (χ1v) is 4.82. The molecule has 0 radical (unpaired) electrons. The van der Waals surface area contributed by atoms with Gasteiger partial charge in [0.15, 0.2) is 0 Å². The minimum atomic E-state index is -4.16. The van der Waals surface area contributed by atoms with Gasteiger partial charge >= 0.3 is 5.51 Å². The standard InChI is InChI=1S/C7H14F3NOS/c1-6(2,5-12)11-3-4-13-7(8,9)10/h11-12H,3-5H2,1-2H3. The largest absolute Gasteiger partial charge is 0.441 e. The van der Waals surface area contributed by atoms with Crippen LogP contribution in [0.25, 0.3) is 0 Å². The summed E-state index contributed by atoms with van der Waals surface area (Å²) < 4.78 is 34.9. The lowest BCUT2D eigenvalue weighted by atomic mass is 10.1. The van der Waals surface area contributed by atoms with E-state index >= 15 is 0 Å². The van der Waals surface area contributed by atoms with Gasteiger partial charge in [-0.05, 0) is 25.6 Å². The normalized spacial score (nSPS) is 13.4. The van der Waals surface area contributed by atoms with Gasteiger partial charge in [-0.3, -0.25) is 0 Å². The van der Waals surface area contributed by atoms with Gasteiger partial charge in [0.1, 0.15) is 0 Å². The molecule has 0 unspecified atom stereocenters. The van der Waals surface area contributed by atoms with Crippen molar-refractivity contribution in [3.8, 4) is 0 Å². The fourth-order valence-corrected chi connectivity index (χ4v) is 1.05. The maximum atomic E-state index is 11.6. The fraction of sp³-hybridized carbons (Fsp3) is 1.00. The van der Waals surface area contributed by atoms with E-state index in [4.69, 9.17) is 5.11 Å². The van der Waals surface area contributed by atoms with Crippen molar-refractivity contribution >= 4 is 11.8 Å². The van der Waals surface area contributed by atoms with Crippen molar-refractivity contribution in [1.82, 2.24) is 5.32 Å². The summed E-state index contributed by atoms with van der Waals surface area (Å²) in [6, 6.07) is 0. The fourth-order valence-electron chi connectivity index (χ4n) is 0.612. The first kappa shape index (κ1) is 13.1. The number of alkyl halides is 3. The van der Waals surface area contributed by atoms with Crippen LogP contribution >= 0.6 is 11.8 Å². The van der Waals surface area contributed by atoms with Gasteiger partial charge in [0.2, 0.25) is 0 Å². The Balaban J connectivity index is 3.47. The van der Waals surface area contributed by atoms with Gasteiger partial charge in [-0.2, -0.15) is 13.2 Å². The Labute approximate surface area is 79.9 Å². The average Bonchev–Trinajstić information content (AvgIpc) is 1.97. The van der Waals surface area contributed by atoms with Crippen LogP contribution in [0.2, 0.25) is 0 Å². The number of thioether (sulfide) groups is 1. The molecule has 0 aliphatic rings. The van der Waals surface area contributed by atoms with Crippen molar-refractivity contribution in [1.29, 1.82) is 0 Å². The van der Waals surface area contributed by atoms with Crippen LogP contribution in [0.5, 0.6) is 0 Å². The van der Waals surface area contributed by atoms with Gasteiger partial charge in [-0.1, -0.05) is 0 Å². The summed E-state index contributed by atoms with van der Waals surface area (Å²) >= 11 is -0.0594. The summed E-state index contributed by atoms with van der Waals surface area (Å²) in [6.45, 7) is 3.60. The van der Waals surface area contributed by atoms with E-state index < -0.39 is 11.0 Å². The van der Waals surface area contributed by atoms with Crippen LogP contribution in [0, 0.1) is 0 Å². The lowest BCUT2D eigenvalue weighted by Gasteiger charge is -2.23. The van der Waals surface area contributed by atoms with Crippen LogP contribution in [0.4, 0.5) is 13.2 Å². The highest BCUT2D eigenvalue weighted by atomic mass is 32.2. The molecule has 0 aromatic rings. The third-order valence-corrected chi connectivity index (χ3v) is 2.10. The van der Waals surface area contributed by atoms with Gasteiger partial charge in [0.05, 0.1) is 6.61 Å². The van der Waals surface area contributed by atoms with Crippen molar-refractivity contribution in [2.75, 3.05) is 18.9 Å². The van der Waals surface area contributed by atoms with Crippen molar-refractivity contribution in [3.05, 3.63) is 0 Å². The van der Waals surface area contributed by atoms with E-state index in [1.54, 1.807) is 13.8 Å². The molecule has 0 rings (SSSR count). The quantitative estimate of drug-likeness (QED) is 0.686. The molecule has 0 saturated carbocycles. The van der Waals surface area contributed by atoms with Gasteiger partial charge in [-0.15, -0.1) is 0 Å². The van der Waals surface area contributed by atoms with E-state index in [-0.39, 0.29) is 30.7 Å². The molecule has 0 spiro atoms. The summed E-state index contributed by atoms with van der Waals surface area (Å²) in [4.78, 5) is 0. The van der Waals surface area contributed by atoms with Crippen LogP contribution in [0.15, 0.2) is 0 Å². The predicted octanol–water partition coefficient (Wildman–Crippen LogP) is 1.60. The van der Waals surface area contributed by atoms with Crippen LogP contribution in [0.1, 0.15) is 13.8 Å². The zero-order valence-corrected chi connectivity index (χ0v) is 8.43. The van der Waals surface area contributed by atoms with E-state index in [0.717, 1.165) is 0 Å². The average molecular weight is 217 g/mol. The topological polar surface area (TPSA) is 32.3 Å². The van der Waals surface area contributed by atoms with Crippen molar-refractivity contribution < 1.29 is 18.3 Å². The third-order valence-electron chi connectivity index (χ3n) is 1.37. The first-order chi connectivity index (χ1) is 5.77. The number of halogens is 3. The summed E-state index contributed by atoms with van der Waals surface area (Å²) in [5, 5.41) is 11.6. The summed E-state index contributed by atoms with van der Waals surface area (Å²) in [7, 11) is 0. The molecule has 2 N–H and O–H groups in total. The molecule has 0 amide bonds. The molecule has 2 nitrogen and oxygen atoms in total. The lowest BCUT2D eigenvalue weighted by Crippen LogP contribution is -2.43. The Kier molecular flexibility index (Phi) is 5.09. The van der Waals surface area contributed by atoms with Gasteiger partial charge < -0.3 is 10.4 Å². The lowest BCUT2D eigenvalue weighted by molar-refractivity contribution is -0.0327. The molecule has 0 heterocycles. The number of aliphatic hydroxyl groups is 1. The Hall–Kier alpha value is 0.0600. The van der Waals surface area contributed by atoms with Crippen LogP contribution in [-0.2, 0) is 0 Å². The summed E-state index contributed by atoms with van der Waals surface area (Å²) in [5.74, 6) is -0.0348. The second kappa shape index (κ2) is 5.07. The number of aliphatic hydroxyl groups excluding tert-OH is 1. The van der Waals surface area contributed by atoms with E-state index in [1.165, 1.54) is 0 Å². The highest BCUT2D eigenvalue weighted by Gasteiger charge is 2.27. The summed E-state index contributed by atoms with van der Waals surface area (Å²) in [5.41, 5.74) is -4.67. The van der Waals surface area contributed by atoms with Crippen LogP contribution in [-0.4, -0.2) is 35.1 Å². The highest BCUT2D eigenvalue weighted by Crippen LogP contribution is 2.29. The second-order valence-electron chi connectivity index (χ2n) is 3.26. The monoisotopic (exact) mass is 217 g/mol. The number of rotatable bonds is 5. The molecule has 0 aliphatic carbocycles. The maximum absolute atomic E-state index is 11.6. The Morgan fingerprint density at radius 1 is 1.31 bits per heavy atom. The van der Waals surface area contributed by atoms with Gasteiger partial charge in [0, 0.05) is 17.8 Å². The molecule has 0 fully saturated rings. The molecule has 80 valence electrons. The van der Waals surface area contributed by atoms with Crippen molar-refractivity contribution in [3.63, 3.8) is 0 Å². The third kappa shape index (κ3) is 8.39. The van der Waals surface area contributed by atoms with Gasteiger partial charge in [-0.25, -0.2) is 0 Å². The second-order valence-corrected chi connectivity index (χ2v) is 4.42. The Morgan fingerprint density at radius 2 is 1.85 bits per heavy atom.